The molecule has 0 aromatic carbocycles. The molecule has 26 heavy (non-hydrogen) atoms. The van der Waals surface area contributed by atoms with Crippen molar-refractivity contribution in [2.24, 2.45) is 0 Å². The second-order valence-corrected chi connectivity index (χ2v) is 6.59. The number of aromatic nitrogens is 5. The van der Waals surface area contributed by atoms with Gasteiger partial charge in [0.2, 0.25) is 11.8 Å². The number of nitrogen functional groups attached to an aromatic ring is 1. The summed E-state index contributed by atoms with van der Waals surface area (Å²) < 4.78 is 5.14. The lowest BCUT2D eigenvalue weighted by molar-refractivity contribution is 0.0921. The maximum Gasteiger partial charge on any atom is 0.255 e. The molecule has 0 saturated heterocycles. The molecule has 3 N–H and O–H groups in total. The summed E-state index contributed by atoms with van der Waals surface area (Å²) in [6, 6.07) is -0.335. The molecule has 3 aromatic heterocycles. The van der Waals surface area contributed by atoms with Gasteiger partial charge >= 0.3 is 0 Å². The van der Waals surface area contributed by atoms with Crippen molar-refractivity contribution in [3.05, 3.63) is 40.5 Å². The fourth-order valence-electron chi connectivity index (χ4n) is 2.99. The van der Waals surface area contributed by atoms with Crippen LogP contribution in [-0.2, 0) is 6.42 Å². The quantitative estimate of drug-likeness (QED) is 0.707. The first kappa shape index (κ1) is 16.3. The van der Waals surface area contributed by atoms with Crippen molar-refractivity contribution in [3.63, 3.8) is 0 Å². The van der Waals surface area contributed by atoms with E-state index in [4.69, 9.17) is 10.5 Å². The molecule has 1 amide bonds. The Labute approximate surface area is 152 Å². The van der Waals surface area contributed by atoms with Gasteiger partial charge in [-0.3, -0.25) is 9.78 Å². The number of methoxy groups -OCH3 is 1. The number of fused-ring (bicyclic) bond motifs is 1. The summed E-state index contributed by atoms with van der Waals surface area (Å²) in [5.41, 5.74) is 10.5. The molecule has 0 bridgehead atoms. The van der Waals surface area contributed by atoms with Crippen molar-refractivity contribution >= 4 is 23.2 Å². The van der Waals surface area contributed by atoms with E-state index in [0.29, 0.717) is 40.6 Å². The van der Waals surface area contributed by atoms with E-state index in [1.54, 1.807) is 18.6 Å². The molecule has 132 valence electrons. The number of amides is 1. The Kier molecular flexibility index (Phi) is 3.96. The number of ether oxygens (including phenoxy) is 1. The molecule has 3 aromatic rings. The third kappa shape index (κ3) is 2.73. The topological polar surface area (TPSA) is 129 Å². The van der Waals surface area contributed by atoms with Crippen molar-refractivity contribution in [3.8, 4) is 16.5 Å². The van der Waals surface area contributed by atoms with Crippen LogP contribution in [0.5, 0.6) is 5.88 Å². The number of nitrogens with zero attached hydrogens (tertiary/aromatic N) is 5. The number of rotatable bonds is 3. The summed E-state index contributed by atoms with van der Waals surface area (Å²) in [6.07, 6.45) is 3.65. The molecule has 4 rings (SSSR count). The van der Waals surface area contributed by atoms with Crippen LogP contribution < -0.4 is 15.8 Å². The van der Waals surface area contributed by atoms with E-state index in [2.05, 4.69) is 30.2 Å². The molecular formula is C16H15N7O2S. The third-order valence-electron chi connectivity index (χ3n) is 4.09. The zero-order valence-corrected chi connectivity index (χ0v) is 14.9. The van der Waals surface area contributed by atoms with Gasteiger partial charge in [-0.15, -0.1) is 11.3 Å². The van der Waals surface area contributed by atoms with Crippen LogP contribution >= 0.6 is 11.3 Å². The molecule has 0 saturated carbocycles. The molecule has 0 aliphatic carbocycles. The maximum atomic E-state index is 12.6. The average Bonchev–Trinajstić information content (AvgIpc) is 3.10. The molecule has 9 nitrogen and oxygen atoms in total. The van der Waals surface area contributed by atoms with Gasteiger partial charge in [0.1, 0.15) is 5.69 Å². The maximum absolute atomic E-state index is 12.6. The van der Waals surface area contributed by atoms with Crippen LogP contribution in [0.15, 0.2) is 17.9 Å². The Morgan fingerprint density at radius 2 is 2.15 bits per heavy atom. The molecule has 0 fully saturated rings. The molecule has 1 aliphatic heterocycles. The van der Waals surface area contributed by atoms with Gasteiger partial charge in [-0.25, -0.2) is 19.9 Å². The average molecular weight is 369 g/mol. The molecule has 10 heteroatoms. The molecule has 0 radical (unpaired) electrons. The molecular weight excluding hydrogens is 354 g/mol. The van der Waals surface area contributed by atoms with Crippen LogP contribution in [0, 0.1) is 6.92 Å². The first-order chi connectivity index (χ1) is 12.6. The molecule has 4 heterocycles. The van der Waals surface area contributed by atoms with Crippen molar-refractivity contribution < 1.29 is 9.53 Å². The minimum atomic E-state index is -0.335. The monoisotopic (exact) mass is 369 g/mol. The second kappa shape index (κ2) is 6.30. The van der Waals surface area contributed by atoms with Crippen molar-refractivity contribution in [1.29, 1.82) is 0 Å². The summed E-state index contributed by atoms with van der Waals surface area (Å²) in [5, 5.41) is 2.98. The second-order valence-electron chi connectivity index (χ2n) is 5.73. The molecule has 0 spiro atoms. The minimum absolute atomic E-state index is 0.159. The lowest BCUT2D eigenvalue weighted by atomic mass is 9.96. The predicted molar refractivity (Wildman–Crippen MR) is 94.8 cm³/mol. The van der Waals surface area contributed by atoms with Gasteiger partial charge in [-0.2, -0.15) is 0 Å². The minimum Gasteiger partial charge on any atom is -0.480 e. The van der Waals surface area contributed by atoms with Crippen molar-refractivity contribution in [1.82, 2.24) is 30.2 Å². The first-order valence-electron chi connectivity index (χ1n) is 7.80. The van der Waals surface area contributed by atoms with E-state index in [9.17, 15) is 4.79 Å². The molecule has 1 aliphatic rings. The highest BCUT2D eigenvalue weighted by Gasteiger charge is 2.32. The summed E-state index contributed by atoms with van der Waals surface area (Å²) in [7, 11) is 1.53. The highest BCUT2D eigenvalue weighted by molar-refractivity contribution is 7.13. The van der Waals surface area contributed by atoms with Gasteiger partial charge in [0.15, 0.2) is 0 Å². The Morgan fingerprint density at radius 3 is 2.96 bits per heavy atom. The van der Waals surface area contributed by atoms with E-state index < -0.39 is 0 Å². The Balaban J connectivity index is 1.74. The smallest absolute Gasteiger partial charge is 0.255 e. The molecule has 1 atom stereocenters. The number of anilines is 1. The van der Waals surface area contributed by atoms with E-state index in [1.807, 2.05) is 0 Å². The van der Waals surface area contributed by atoms with Gasteiger partial charge in [0, 0.05) is 6.42 Å². The Hall–Kier alpha value is -3.14. The largest absolute Gasteiger partial charge is 0.480 e. The Bertz CT molecular complexity index is 1000. The summed E-state index contributed by atoms with van der Waals surface area (Å²) in [4.78, 5) is 34.7. The third-order valence-corrected chi connectivity index (χ3v) is 4.96. The highest BCUT2D eigenvalue weighted by atomic mass is 32.1. The fourth-order valence-corrected chi connectivity index (χ4v) is 3.80. The zero-order valence-electron chi connectivity index (χ0n) is 14.1. The number of thiazole rings is 1. The number of nitrogens with two attached hydrogens (primary N) is 1. The summed E-state index contributed by atoms with van der Waals surface area (Å²) in [6.45, 7) is 1.75. The lowest BCUT2D eigenvalue weighted by Gasteiger charge is -2.25. The first-order valence-corrected chi connectivity index (χ1v) is 8.68. The van der Waals surface area contributed by atoms with Gasteiger partial charge < -0.3 is 15.8 Å². The number of aryl methyl sites for hydroxylation is 1. The van der Waals surface area contributed by atoms with Crippen LogP contribution in [0.3, 0.4) is 0 Å². The van der Waals surface area contributed by atoms with E-state index in [0.717, 1.165) is 4.88 Å². The predicted octanol–water partition coefficient (Wildman–Crippen LogP) is 1.32. The normalized spacial score (nSPS) is 16.1. The molecule has 0 unspecified atom stereocenters. The van der Waals surface area contributed by atoms with Crippen LogP contribution in [0.25, 0.3) is 10.6 Å². The standard InChI is InChI=1S/C16H15N7O2S/c1-7-12-8(23-16(17)20-7)3-9(22-15(12)24)13-14(26-6-19-13)10-4-18-5-11(21-10)25-2/h4-6,9H,3H2,1-2H3,(H,22,24)(H2,17,20,23)/t9-/m0/s1. The van der Waals surface area contributed by atoms with Crippen LogP contribution in [0.4, 0.5) is 5.95 Å². The Morgan fingerprint density at radius 1 is 1.31 bits per heavy atom. The van der Waals surface area contributed by atoms with E-state index in [1.165, 1.54) is 24.6 Å². The SMILES string of the molecule is COc1cncc(-c2scnc2[C@@H]2Cc3nc(N)nc(C)c3C(=O)N2)n1. The number of nitrogens with one attached hydrogen (secondary N) is 1. The number of carbonyl (C=O) groups is 1. The number of hydrogen-bond acceptors (Lipinski definition) is 9. The fraction of sp³-hybridized carbons (Fsp3) is 0.250. The van der Waals surface area contributed by atoms with Crippen molar-refractivity contribution in [2.75, 3.05) is 12.8 Å². The lowest BCUT2D eigenvalue weighted by Crippen LogP contribution is -2.37. The summed E-state index contributed by atoms with van der Waals surface area (Å²) in [5.74, 6) is 0.340. The van der Waals surface area contributed by atoms with E-state index in [-0.39, 0.29) is 17.9 Å². The van der Waals surface area contributed by atoms with Crippen LogP contribution in [0.2, 0.25) is 0 Å². The van der Waals surface area contributed by atoms with Gasteiger partial charge in [0.05, 0.1) is 58.6 Å². The number of carbonyl (C=O) groups excluding carboxylic acids is 1. The number of hydrogen-bond donors (Lipinski definition) is 2. The zero-order chi connectivity index (χ0) is 18.3. The van der Waals surface area contributed by atoms with Crippen LogP contribution in [-0.4, -0.2) is 37.9 Å². The van der Waals surface area contributed by atoms with Crippen molar-refractivity contribution in [2.45, 2.75) is 19.4 Å². The van der Waals surface area contributed by atoms with Gasteiger partial charge in [-0.05, 0) is 6.92 Å². The van der Waals surface area contributed by atoms with Crippen LogP contribution in [0.1, 0.15) is 33.5 Å². The van der Waals surface area contributed by atoms with Gasteiger partial charge in [0.25, 0.3) is 5.91 Å². The summed E-state index contributed by atoms with van der Waals surface area (Å²) >= 11 is 1.43. The highest BCUT2D eigenvalue weighted by Crippen LogP contribution is 2.34. The van der Waals surface area contributed by atoms with E-state index >= 15 is 0 Å². The van der Waals surface area contributed by atoms with Gasteiger partial charge in [-0.1, -0.05) is 0 Å².